The first-order valence-electron chi connectivity index (χ1n) is 5.14. The van der Waals surface area contributed by atoms with Gasteiger partial charge in [-0.1, -0.05) is 19.9 Å². The fourth-order valence-electron chi connectivity index (χ4n) is 1.65. The van der Waals surface area contributed by atoms with Gasteiger partial charge in [0.05, 0.1) is 5.69 Å². The predicted octanol–water partition coefficient (Wildman–Crippen LogP) is 3.27. The van der Waals surface area contributed by atoms with E-state index < -0.39 is 0 Å². The van der Waals surface area contributed by atoms with E-state index in [1.54, 1.807) is 0 Å². The van der Waals surface area contributed by atoms with Crippen LogP contribution < -0.4 is 0 Å². The third-order valence-corrected chi connectivity index (χ3v) is 2.38. The molecule has 0 saturated carbocycles. The zero-order chi connectivity index (χ0) is 10.7. The van der Waals surface area contributed by atoms with Crippen molar-refractivity contribution in [2.75, 3.05) is 0 Å². The summed E-state index contributed by atoms with van der Waals surface area (Å²) in [5.41, 5.74) is 3.53. The zero-order valence-electron chi connectivity index (χ0n) is 9.01. The summed E-state index contributed by atoms with van der Waals surface area (Å²) in [5.74, 6) is 0.439. The van der Waals surface area contributed by atoms with E-state index in [4.69, 9.17) is 0 Å². The molecule has 0 amide bonds. The Morgan fingerprint density at radius 2 is 1.73 bits per heavy atom. The molecule has 0 saturated heterocycles. The third-order valence-electron chi connectivity index (χ3n) is 2.38. The second-order valence-electron chi connectivity index (χ2n) is 3.83. The molecule has 2 nitrogen and oxygen atoms in total. The Morgan fingerprint density at radius 1 is 1.00 bits per heavy atom. The lowest BCUT2D eigenvalue weighted by atomic mass is 9.99. The van der Waals surface area contributed by atoms with Crippen LogP contribution in [0.1, 0.15) is 25.5 Å². The first-order chi connectivity index (χ1) is 7.29. The average Bonchev–Trinajstić information content (AvgIpc) is 2.30. The topological polar surface area (TPSA) is 25.8 Å². The molecular formula is C13H14N2. The number of pyridine rings is 2. The predicted molar refractivity (Wildman–Crippen MR) is 61.6 cm³/mol. The van der Waals surface area contributed by atoms with Gasteiger partial charge < -0.3 is 0 Å². The van der Waals surface area contributed by atoms with E-state index in [0.29, 0.717) is 5.92 Å². The largest absolute Gasteiger partial charge is 0.265 e. The lowest BCUT2D eigenvalue weighted by Gasteiger charge is -2.10. The molecule has 15 heavy (non-hydrogen) atoms. The van der Waals surface area contributed by atoms with Crippen LogP contribution in [0, 0.1) is 0 Å². The Morgan fingerprint density at radius 3 is 2.40 bits per heavy atom. The molecule has 0 radical (unpaired) electrons. The minimum atomic E-state index is 0.439. The standard InChI is InChI=1S/C13H14N2/c1-10(2)13-12(4-3-7-15-13)11-5-8-14-9-6-11/h3-10H,1-2H3. The van der Waals surface area contributed by atoms with Gasteiger partial charge in [-0.25, -0.2) is 0 Å². The number of hydrogen-bond acceptors (Lipinski definition) is 2. The van der Waals surface area contributed by atoms with Crippen LogP contribution in [-0.2, 0) is 0 Å². The molecule has 0 fully saturated rings. The van der Waals surface area contributed by atoms with Crippen LogP contribution in [0.15, 0.2) is 42.9 Å². The third kappa shape index (κ3) is 2.04. The first-order valence-corrected chi connectivity index (χ1v) is 5.14. The summed E-state index contributed by atoms with van der Waals surface area (Å²) in [7, 11) is 0. The summed E-state index contributed by atoms with van der Waals surface area (Å²) in [6.07, 6.45) is 5.47. The van der Waals surface area contributed by atoms with E-state index in [2.05, 4.69) is 29.9 Å². The zero-order valence-corrected chi connectivity index (χ0v) is 9.01. The Kier molecular flexibility index (Phi) is 2.77. The second-order valence-corrected chi connectivity index (χ2v) is 3.83. The maximum atomic E-state index is 4.43. The van der Waals surface area contributed by atoms with Gasteiger partial charge in [0, 0.05) is 24.2 Å². The molecule has 76 valence electrons. The number of aromatic nitrogens is 2. The Balaban J connectivity index is 2.53. The number of nitrogens with zero attached hydrogens (tertiary/aromatic N) is 2. The van der Waals surface area contributed by atoms with Gasteiger partial charge in [0.2, 0.25) is 0 Å². The highest BCUT2D eigenvalue weighted by atomic mass is 14.7. The van der Waals surface area contributed by atoms with E-state index in [0.717, 1.165) is 5.69 Å². The molecule has 2 aromatic rings. The van der Waals surface area contributed by atoms with Gasteiger partial charge in [0.15, 0.2) is 0 Å². The minimum absolute atomic E-state index is 0.439. The van der Waals surface area contributed by atoms with Gasteiger partial charge in [0.1, 0.15) is 0 Å². The molecule has 0 spiro atoms. The molecule has 2 heterocycles. The van der Waals surface area contributed by atoms with E-state index in [-0.39, 0.29) is 0 Å². The highest BCUT2D eigenvalue weighted by Gasteiger charge is 2.08. The Labute approximate surface area is 90.0 Å². The van der Waals surface area contributed by atoms with Crippen molar-refractivity contribution in [2.24, 2.45) is 0 Å². The van der Waals surface area contributed by atoms with Crippen molar-refractivity contribution in [3.8, 4) is 11.1 Å². The molecule has 0 aliphatic carbocycles. The summed E-state index contributed by atoms with van der Waals surface area (Å²) in [5, 5.41) is 0. The summed E-state index contributed by atoms with van der Waals surface area (Å²) in [4.78, 5) is 8.46. The monoisotopic (exact) mass is 198 g/mol. The lowest BCUT2D eigenvalue weighted by Crippen LogP contribution is -1.95. The fourth-order valence-corrected chi connectivity index (χ4v) is 1.65. The molecule has 0 atom stereocenters. The number of rotatable bonds is 2. The molecular weight excluding hydrogens is 184 g/mol. The van der Waals surface area contributed by atoms with Crippen LogP contribution in [-0.4, -0.2) is 9.97 Å². The van der Waals surface area contributed by atoms with E-state index >= 15 is 0 Å². The molecule has 0 bridgehead atoms. The smallest absolute Gasteiger partial charge is 0.0507 e. The molecule has 2 heteroatoms. The van der Waals surface area contributed by atoms with Crippen LogP contribution in [0.5, 0.6) is 0 Å². The van der Waals surface area contributed by atoms with E-state index in [1.807, 2.05) is 36.8 Å². The van der Waals surface area contributed by atoms with Gasteiger partial charge in [-0.05, 0) is 29.7 Å². The van der Waals surface area contributed by atoms with E-state index in [1.165, 1.54) is 11.1 Å². The first kappa shape index (κ1) is 9.84. The minimum Gasteiger partial charge on any atom is -0.265 e. The van der Waals surface area contributed by atoms with Gasteiger partial charge in [-0.15, -0.1) is 0 Å². The summed E-state index contributed by atoms with van der Waals surface area (Å²) < 4.78 is 0. The lowest BCUT2D eigenvalue weighted by molar-refractivity contribution is 0.825. The molecule has 0 unspecified atom stereocenters. The van der Waals surface area contributed by atoms with Crippen LogP contribution in [0.2, 0.25) is 0 Å². The second kappa shape index (κ2) is 4.22. The summed E-state index contributed by atoms with van der Waals surface area (Å²) in [6, 6.07) is 8.12. The van der Waals surface area contributed by atoms with E-state index in [9.17, 15) is 0 Å². The van der Waals surface area contributed by atoms with Gasteiger partial charge in [0.25, 0.3) is 0 Å². The molecule has 0 aliphatic rings. The molecule has 0 N–H and O–H groups in total. The Hall–Kier alpha value is -1.70. The Bertz CT molecular complexity index is 435. The normalized spacial score (nSPS) is 10.6. The molecule has 0 aliphatic heterocycles. The molecule has 2 rings (SSSR count). The number of hydrogen-bond donors (Lipinski definition) is 0. The van der Waals surface area contributed by atoms with Gasteiger partial charge in [-0.2, -0.15) is 0 Å². The van der Waals surface area contributed by atoms with Crippen molar-refractivity contribution in [3.05, 3.63) is 48.5 Å². The van der Waals surface area contributed by atoms with Crippen molar-refractivity contribution in [3.63, 3.8) is 0 Å². The fraction of sp³-hybridized carbons (Fsp3) is 0.231. The van der Waals surface area contributed by atoms with Crippen molar-refractivity contribution in [1.29, 1.82) is 0 Å². The summed E-state index contributed by atoms with van der Waals surface area (Å²) in [6.45, 7) is 4.32. The van der Waals surface area contributed by atoms with Crippen LogP contribution in [0.25, 0.3) is 11.1 Å². The maximum Gasteiger partial charge on any atom is 0.0507 e. The SMILES string of the molecule is CC(C)c1ncccc1-c1ccncc1. The van der Waals surface area contributed by atoms with Gasteiger partial charge >= 0.3 is 0 Å². The van der Waals surface area contributed by atoms with Crippen molar-refractivity contribution >= 4 is 0 Å². The highest BCUT2D eigenvalue weighted by molar-refractivity contribution is 5.65. The molecule has 2 aromatic heterocycles. The quantitative estimate of drug-likeness (QED) is 0.740. The van der Waals surface area contributed by atoms with Crippen LogP contribution in [0.4, 0.5) is 0 Å². The highest BCUT2D eigenvalue weighted by Crippen LogP contribution is 2.26. The van der Waals surface area contributed by atoms with Crippen molar-refractivity contribution in [1.82, 2.24) is 9.97 Å². The van der Waals surface area contributed by atoms with Crippen molar-refractivity contribution in [2.45, 2.75) is 19.8 Å². The average molecular weight is 198 g/mol. The van der Waals surface area contributed by atoms with Crippen molar-refractivity contribution < 1.29 is 0 Å². The van der Waals surface area contributed by atoms with Crippen LogP contribution >= 0.6 is 0 Å². The van der Waals surface area contributed by atoms with Gasteiger partial charge in [-0.3, -0.25) is 9.97 Å². The molecule has 0 aromatic carbocycles. The summed E-state index contributed by atoms with van der Waals surface area (Å²) >= 11 is 0. The maximum absolute atomic E-state index is 4.43. The van der Waals surface area contributed by atoms with Crippen LogP contribution in [0.3, 0.4) is 0 Å².